The molecule has 2 nitrogen and oxygen atoms in total. The van der Waals surface area contributed by atoms with Gasteiger partial charge in [0.1, 0.15) is 0 Å². The van der Waals surface area contributed by atoms with Crippen molar-refractivity contribution in [3.63, 3.8) is 0 Å². The molecule has 22 heavy (non-hydrogen) atoms. The van der Waals surface area contributed by atoms with Crippen LogP contribution < -0.4 is 5.32 Å². The summed E-state index contributed by atoms with van der Waals surface area (Å²) in [6.07, 6.45) is 4.94. The van der Waals surface area contributed by atoms with E-state index < -0.39 is 0 Å². The van der Waals surface area contributed by atoms with Gasteiger partial charge in [-0.25, -0.2) is 0 Å². The Hall–Kier alpha value is -2.09. The maximum atomic E-state index is 12.4. The van der Waals surface area contributed by atoms with Crippen molar-refractivity contribution < 1.29 is 4.79 Å². The summed E-state index contributed by atoms with van der Waals surface area (Å²) in [5.41, 5.74) is 5.90. The topological polar surface area (TPSA) is 29.1 Å². The molecule has 0 spiro atoms. The number of carbonyl (C=O) groups is 1. The highest BCUT2D eigenvalue weighted by molar-refractivity contribution is 5.95. The molecule has 0 saturated carbocycles. The van der Waals surface area contributed by atoms with Gasteiger partial charge in [0.05, 0.1) is 6.04 Å². The van der Waals surface area contributed by atoms with E-state index in [2.05, 4.69) is 30.4 Å². The normalized spacial score (nSPS) is 15.0. The predicted octanol–water partition coefficient (Wildman–Crippen LogP) is 4.36. The monoisotopic (exact) mass is 293 g/mol. The van der Waals surface area contributed by atoms with Gasteiger partial charge in [-0.1, -0.05) is 36.4 Å². The zero-order chi connectivity index (χ0) is 15.5. The minimum absolute atomic E-state index is 0.00307. The van der Waals surface area contributed by atoms with E-state index in [1.165, 1.54) is 42.4 Å². The van der Waals surface area contributed by atoms with E-state index in [1.54, 1.807) is 0 Å². The van der Waals surface area contributed by atoms with Gasteiger partial charge in [-0.2, -0.15) is 0 Å². The van der Waals surface area contributed by atoms with E-state index in [-0.39, 0.29) is 11.9 Å². The fourth-order valence-corrected chi connectivity index (χ4v) is 3.21. The van der Waals surface area contributed by atoms with Gasteiger partial charge in [0.2, 0.25) is 0 Å². The molecule has 0 aliphatic heterocycles. The van der Waals surface area contributed by atoms with Crippen LogP contribution in [0.4, 0.5) is 0 Å². The second kappa shape index (κ2) is 6.35. The summed E-state index contributed by atoms with van der Waals surface area (Å²) >= 11 is 0. The van der Waals surface area contributed by atoms with E-state index in [4.69, 9.17) is 0 Å². The standard InChI is InChI=1S/C20H23NO/c1-14-7-3-6-10-19(14)20(22)21-15(2)17-12-11-16-8-4-5-9-18(16)13-17/h3,6-7,10-13,15H,4-5,8-9H2,1-2H3,(H,21,22)/t15-/m1/s1. The number of hydrogen-bond acceptors (Lipinski definition) is 1. The van der Waals surface area contributed by atoms with Crippen molar-refractivity contribution in [1.29, 1.82) is 0 Å². The maximum absolute atomic E-state index is 12.4. The molecule has 1 N–H and O–H groups in total. The molecule has 1 atom stereocenters. The van der Waals surface area contributed by atoms with Gasteiger partial charge in [0.25, 0.3) is 5.91 Å². The molecule has 2 heteroatoms. The molecule has 0 radical (unpaired) electrons. The Bertz CT molecular complexity index is 690. The Labute approximate surface area is 132 Å². The predicted molar refractivity (Wildman–Crippen MR) is 90.1 cm³/mol. The molecular weight excluding hydrogens is 270 g/mol. The fourth-order valence-electron chi connectivity index (χ4n) is 3.21. The number of hydrogen-bond donors (Lipinski definition) is 1. The summed E-state index contributed by atoms with van der Waals surface area (Å²) < 4.78 is 0. The molecule has 2 aromatic carbocycles. The highest BCUT2D eigenvalue weighted by Gasteiger charge is 2.15. The molecule has 0 bridgehead atoms. The van der Waals surface area contributed by atoms with Crippen molar-refractivity contribution in [3.8, 4) is 0 Å². The number of nitrogens with one attached hydrogen (secondary N) is 1. The molecule has 0 aromatic heterocycles. The molecule has 0 heterocycles. The van der Waals surface area contributed by atoms with E-state index in [0.717, 1.165) is 11.1 Å². The molecule has 114 valence electrons. The van der Waals surface area contributed by atoms with Gasteiger partial charge >= 0.3 is 0 Å². The third kappa shape index (κ3) is 3.06. The Morgan fingerprint density at radius 3 is 2.55 bits per heavy atom. The number of rotatable bonds is 3. The highest BCUT2D eigenvalue weighted by atomic mass is 16.1. The van der Waals surface area contributed by atoms with E-state index in [9.17, 15) is 4.79 Å². The first-order chi connectivity index (χ1) is 10.6. The van der Waals surface area contributed by atoms with Gasteiger partial charge in [-0.05, 0) is 67.9 Å². The average molecular weight is 293 g/mol. The molecule has 3 rings (SSSR count). The van der Waals surface area contributed by atoms with Crippen LogP contribution in [0.2, 0.25) is 0 Å². The lowest BCUT2D eigenvalue weighted by atomic mass is 9.89. The first-order valence-electron chi connectivity index (χ1n) is 8.13. The summed E-state index contributed by atoms with van der Waals surface area (Å²) in [6, 6.07) is 14.4. The van der Waals surface area contributed by atoms with Gasteiger partial charge in [-0.15, -0.1) is 0 Å². The van der Waals surface area contributed by atoms with Crippen molar-refractivity contribution in [1.82, 2.24) is 5.32 Å². The van der Waals surface area contributed by atoms with Gasteiger partial charge in [0.15, 0.2) is 0 Å². The summed E-state index contributed by atoms with van der Waals surface area (Å²) in [5.74, 6) is 0.00307. The lowest BCUT2D eigenvalue weighted by Gasteiger charge is -2.20. The van der Waals surface area contributed by atoms with Crippen LogP contribution in [-0.4, -0.2) is 5.91 Å². The minimum Gasteiger partial charge on any atom is -0.346 e. The molecule has 1 aliphatic carbocycles. The number of aryl methyl sites for hydroxylation is 3. The third-order valence-electron chi connectivity index (χ3n) is 4.61. The number of fused-ring (bicyclic) bond motifs is 1. The average Bonchev–Trinajstić information content (AvgIpc) is 2.54. The summed E-state index contributed by atoms with van der Waals surface area (Å²) in [7, 11) is 0. The molecular formula is C20H23NO. The Morgan fingerprint density at radius 1 is 1.05 bits per heavy atom. The first-order valence-corrected chi connectivity index (χ1v) is 8.13. The Kier molecular flexibility index (Phi) is 4.28. The summed E-state index contributed by atoms with van der Waals surface area (Å²) in [6.45, 7) is 4.03. The highest BCUT2D eigenvalue weighted by Crippen LogP contribution is 2.25. The molecule has 0 saturated heterocycles. The van der Waals surface area contributed by atoms with Crippen LogP contribution in [0, 0.1) is 6.92 Å². The van der Waals surface area contributed by atoms with Crippen LogP contribution >= 0.6 is 0 Å². The first kappa shape index (κ1) is 14.8. The zero-order valence-electron chi connectivity index (χ0n) is 13.4. The molecule has 0 fully saturated rings. The van der Waals surface area contributed by atoms with Crippen LogP contribution in [0.15, 0.2) is 42.5 Å². The minimum atomic E-state index is 0.00307. The molecule has 1 aliphatic rings. The van der Waals surface area contributed by atoms with E-state index in [0.29, 0.717) is 0 Å². The van der Waals surface area contributed by atoms with E-state index in [1.807, 2.05) is 31.2 Å². The second-order valence-electron chi connectivity index (χ2n) is 6.25. The van der Waals surface area contributed by atoms with Gasteiger partial charge < -0.3 is 5.32 Å². The van der Waals surface area contributed by atoms with Crippen LogP contribution in [0.5, 0.6) is 0 Å². The molecule has 1 amide bonds. The number of carbonyl (C=O) groups excluding carboxylic acids is 1. The van der Waals surface area contributed by atoms with Crippen molar-refractivity contribution in [2.75, 3.05) is 0 Å². The summed E-state index contributed by atoms with van der Waals surface area (Å²) in [4.78, 5) is 12.4. The van der Waals surface area contributed by atoms with Crippen LogP contribution in [0.3, 0.4) is 0 Å². The smallest absolute Gasteiger partial charge is 0.252 e. The summed E-state index contributed by atoms with van der Waals surface area (Å²) in [5, 5.41) is 3.12. The van der Waals surface area contributed by atoms with Crippen molar-refractivity contribution >= 4 is 5.91 Å². The molecule has 2 aromatic rings. The third-order valence-corrected chi connectivity index (χ3v) is 4.61. The van der Waals surface area contributed by atoms with E-state index >= 15 is 0 Å². The Balaban J connectivity index is 1.76. The van der Waals surface area contributed by atoms with Gasteiger partial charge in [0, 0.05) is 5.56 Å². The number of amides is 1. The van der Waals surface area contributed by atoms with Crippen LogP contribution in [0.1, 0.15) is 58.4 Å². The lowest BCUT2D eigenvalue weighted by molar-refractivity contribution is 0.0939. The maximum Gasteiger partial charge on any atom is 0.252 e. The zero-order valence-corrected chi connectivity index (χ0v) is 13.4. The quantitative estimate of drug-likeness (QED) is 0.894. The second-order valence-corrected chi connectivity index (χ2v) is 6.25. The van der Waals surface area contributed by atoms with Crippen LogP contribution in [0.25, 0.3) is 0 Å². The number of benzene rings is 2. The Morgan fingerprint density at radius 2 is 1.77 bits per heavy atom. The van der Waals surface area contributed by atoms with Crippen molar-refractivity contribution in [3.05, 3.63) is 70.3 Å². The SMILES string of the molecule is Cc1ccccc1C(=O)N[C@H](C)c1ccc2c(c1)CCCC2. The van der Waals surface area contributed by atoms with Gasteiger partial charge in [-0.3, -0.25) is 4.79 Å². The fraction of sp³-hybridized carbons (Fsp3) is 0.350. The lowest BCUT2D eigenvalue weighted by Crippen LogP contribution is -2.27. The molecule has 0 unspecified atom stereocenters. The van der Waals surface area contributed by atoms with Crippen molar-refractivity contribution in [2.24, 2.45) is 0 Å². The largest absolute Gasteiger partial charge is 0.346 e. The van der Waals surface area contributed by atoms with Crippen LogP contribution in [-0.2, 0) is 12.8 Å². The van der Waals surface area contributed by atoms with Crippen molar-refractivity contribution in [2.45, 2.75) is 45.6 Å².